The van der Waals surface area contributed by atoms with E-state index in [0.717, 1.165) is 38.5 Å². The molecule has 0 saturated carbocycles. The molecule has 15 heteroatoms. The third kappa shape index (κ3) is 11.8. The van der Waals surface area contributed by atoms with Crippen LogP contribution in [0.25, 0.3) is 0 Å². The fourth-order valence-electron chi connectivity index (χ4n) is 5.37. The van der Waals surface area contributed by atoms with Gasteiger partial charge in [-0.3, -0.25) is 19.2 Å². The van der Waals surface area contributed by atoms with Crippen molar-refractivity contribution in [3.8, 4) is 0 Å². The van der Waals surface area contributed by atoms with Crippen molar-refractivity contribution in [2.45, 2.75) is 155 Å². The Balaban J connectivity index is 2.55. The highest BCUT2D eigenvalue weighted by molar-refractivity contribution is 5.73. The average Bonchev–Trinajstić information content (AvgIpc) is 3.32. The highest BCUT2D eigenvalue weighted by atomic mass is 16.8. The van der Waals surface area contributed by atoms with E-state index in [0.29, 0.717) is 6.42 Å². The van der Waals surface area contributed by atoms with Crippen LogP contribution in [0.1, 0.15) is 99.8 Å². The highest BCUT2D eigenvalue weighted by Crippen LogP contribution is 2.40. The minimum atomic E-state index is -2.39. The first-order valence-corrected chi connectivity index (χ1v) is 17.5. The summed E-state index contributed by atoms with van der Waals surface area (Å²) in [7, 11) is 0. The SMILES string of the molecule is CCCCCCCCCC(=O)O[C@@H]1[C@@H](O[C@@]2(CO)O[C@@H](CO)[C@@H](O)[C@H]2OC(=O)C(C)C)O[C@@H](CO)[C@@H](OC(=O)C(C)C)[C@@H]1OC(=O)C(C)C. The van der Waals surface area contributed by atoms with E-state index in [1.165, 1.54) is 0 Å². The summed E-state index contributed by atoms with van der Waals surface area (Å²) in [6.45, 7) is 8.88. The molecule has 2 aliphatic heterocycles. The van der Waals surface area contributed by atoms with Crippen molar-refractivity contribution < 1.29 is 72.8 Å². The number of aliphatic hydroxyl groups excluding tert-OH is 4. The van der Waals surface area contributed by atoms with Crippen LogP contribution >= 0.6 is 0 Å². The van der Waals surface area contributed by atoms with Gasteiger partial charge in [0.15, 0.2) is 24.4 Å². The predicted octanol–water partition coefficient (Wildman–Crippen LogP) is 1.92. The zero-order chi connectivity index (χ0) is 36.9. The monoisotopic (exact) mass is 706 g/mol. The predicted molar refractivity (Wildman–Crippen MR) is 171 cm³/mol. The second kappa shape index (κ2) is 20.4. The molecule has 4 N–H and O–H groups in total. The molecule has 0 aromatic rings. The van der Waals surface area contributed by atoms with Gasteiger partial charge in [0, 0.05) is 6.42 Å². The molecule has 0 aliphatic carbocycles. The van der Waals surface area contributed by atoms with Gasteiger partial charge in [-0.25, -0.2) is 0 Å². The molecule has 2 rings (SSSR count). The number of carbonyl (C=O) groups excluding carboxylic acids is 4. The lowest BCUT2D eigenvalue weighted by molar-refractivity contribution is -0.384. The van der Waals surface area contributed by atoms with E-state index in [2.05, 4.69) is 6.92 Å². The third-order valence-electron chi connectivity index (χ3n) is 8.38. The number of esters is 4. The van der Waals surface area contributed by atoms with Crippen molar-refractivity contribution in [1.29, 1.82) is 0 Å². The molecule has 2 saturated heterocycles. The van der Waals surface area contributed by atoms with E-state index in [1.807, 2.05) is 0 Å². The fraction of sp³-hybridized carbons (Fsp3) is 0.882. The minimum absolute atomic E-state index is 0.0245. The first kappa shape index (κ1) is 42.8. The topological polar surface area (TPSA) is 214 Å². The van der Waals surface area contributed by atoms with Gasteiger partial charge in [0.2, 0.25) is 12.1 Å². The van der Waals surface area contributed by atoms with E-state index in [4.69, 9.17) is 33.2 Å². The van der Waals surface area contributed by atoms with Crippen molar-refractivity contribution in [3.05, 3.63) is 0 Å². The zero-order valence-electron chi connectivity index (χ0n) is 29.9. The Morgan fingerprint density at radius 1 is 0.673 bits per heavy atom. The second-order valence-electron chi connectivity index (χ2n) is 13.6. The van der Waals surface area contributed by atoms with Crippen LogP contribution in [0, 0.1) is 17.8 Å². The summed E-state index contributed by atoms with van der Waals surface area (Å²) < 4.78 is 40.6. The smallest absolute Gasteiger partial charge is 0.308 e. The molecule has 0 radical (unpaired) electrons. The van der Waals surface area contributed by atoms with Crippen molar-refractivity contribution in [1.82, 2.24) is 0 Å². The summed E-state index contributed by atoms with van der Waals surface area (Å²) in [5.41, 5.74) is 0. The summed E-state index contributed by atoms with van der Waals surface area (Å²) in [5, 5.41) is 41.9. The van der Waals surface area contributed by atoms with E-state index in [1.54, 1.807) is 41.5 Å². The van der Waals surface area contributed by atoms with Gasteiger partial charge >= 0.3 is 23.9 Å². The number of aliphatic hydroxyl groups is 4. The van der Waals surface area contributed by atoms with E-state index in [9.17, 15) is 39.6 Å². The number of carbonyl (C=O) groups is 4. The van der Waals surface area contributed by atoms with Crippen molar-refractivity contribution in [3.63, 3.8) is 0 Å². The molecule has 2 heterocycles. The molecule has 284 valence electrons. The molecule has 15 nitrogen and oxygen atoms in total. The molecule has 0 amide bonds. The molecule has 9 atom stereocenters. The third-order valence-corrected chi connectivity index (χ3v) is 8.38. The Labute approximate surface area is 288 Å². The van der Waals surface area contributed by atoms with Gasteiger partial charge in [0.05, 0.1) is 31.0 Å². The summed E-state index contributed by atoms with van der Waals surface area (Å²) in [6.07, 6.45) is -6.22. The molecular weight excluding hydrogens is 648 g/mol. The van der Waals surface area contributed by atoms with Gasteiger partial charge in [-0.15, -0.1) is 0 Å². The summed E-state index contributed by atoms with van der Waals surface area (Å²) >= 11 is 0. The number of rotatable bonds is 20. The van der Waals surface area contributed by atoms with E-state index < -0.39 is 116 Å². The van der Waals surface area contributed by atoms with Gasteiger partial charge in [-0.1, -0.05) is 87.0 Å². The summed E-state index contributed by atoms with van der Waals surface area (Å²) in [5.74, 6) is -7.35. The average molecular weight is 707 g/mol. The van der Waals surface area contributed by atoms with Crippen LogP contribution < -0.4 is 0 Å². The maximum absolute atomic E-state index is 13.3. The van der Waals surface area contributed by atoms with Crippen LogP contribution in [0.4, 0.5) is 0 Å². The Morgan fingerprint density at radius 2 is 1.18 bits per heavy atom. The van der Waals surface area contributed by atoms with E-state index in [-0.39, 0.29) is 6.42 Å². The Hall–Kier alpha value is -2.40. The maximum atomic E-state index is 13.3. The summed E-state index contributed by atoms with van der Waals surface area (Å²) in [6, 6.07) is 0. The highest BCUT2D eigenvalue weighted by Gasteiger charge is 2.62. The maximum Gasteiger partial charge on any atom is 0.308 e. The first-order valence-electron chi connectivity index (χ1n) is 17.5. The number of hydrogen-bond acceptors (Lipinski definition) is 15. The lowest BCUT2D eigenvalue weighted by Gasteiger charge is -2.46. The molecule has 0 unspecified atom stereocenters. The van der Waals surface area contributed by atoms with Gasteiger partial charge in [-0.2, -0.15) is 0 Å². The molecule has 0 aromatic carbocycles. The number of unbranched alkanes of at least 4 members (excludes halogenated alkanes) is 6. The van der Waals surface area contributed by atoms with Crippen LogP contribution in [0.3, 0.4) is 0 Å². The Morgan fingerprint density at radius 3 is 1.69 bits per heavy atom. The minimum Gasteiger partial charge on any atom is -0.455 e. The molecule has 2 fully saturated rings. The summed E-state index contributed by atoms with van der Waals surface area (Å²) in [4.78, 5) is 51.8. The molecule has 49 heavy (non-hydrogen) atoms. The van der Waals surface area contributed by atoms with Crippen molar-refractivity contribution in [2.24, 2.45) is 17.8 Å². The Kier molecular flexibility index (Phi) is 17.8. The van der Waals surface area contributed by atoms with Crippen molar-refractivity contribution >= 4 is 23.9 Å². The van der Waals surface area contributed by atoms with Gasteiger partial charge in [0.1, 0.15) is 24.9 Å². The van der Waals surface area contributed by atoms with Crippen LogP contribution in [0.15, 0.2) is 0 Å². The lowest BCUT2D eigenvalue weighted by atomic mass is 9.97. The second-order valence-corrected chi connectivity index (χ2v) is 13.6. The van der Waals surface area contributed by atoms with Gasteiger partial charge < -0.3 is 53.6 Å². The molecule has 0 bridgehead atoms. The number of ether oxygens (including phenoxy) is 7. The Bertz CT molecular complexity index is 1050. The zero-order valence-corrected chi connectivity index (χ0v) is 29.9. The van der Waals surface area contributed by atoms with Crippen LogP contribution in [-0.2, 0) is 52.3 Å². The van der Waals surface area contributed by atoms with E-state index >= 15 is 0 Å². The van der Waals surface area contributed by atoms with Gasteiger partial charge in [-0.05, 0) is 6.42 Å². The standard InChI is InChI=1S/C34H58O15/c1-8-9-10-11-12-13-14-15-24(38)44-28-27(46-31(41)20(4)5)26(45-30(40)19(2)3)23(17-36)43-33(28)49-34(18-37)29(47-32(42)21(6)7)25(39)22(16-35)48-34/h19-23,25-29,33,35-37,39H,8-18H2,1-7H3/t22-,23-,25+,26+,27-,28-,29+,33+,34+/m0/s1. The van der Waals surface area contributed by atoms with Crippen molar-refractivity contribution in [2.75, 3.05) is 19.8 Å². The first-order chi connectivity index (χ1) is 23.2. The van der Waals surface area contributed by atoms with Crippen LogP contribution in [0.2, 0.25) is 0 Å². The number of hydrogen-bond donors (Lipinski definition) is 4. The molecule has 0 aromatic heterocycles. The fourth-order valence-corrected chi connectivity index (χ4v) is 5.37. The van der Waals surface area contributed by atoms with Crippen LogP contribution in [-0.4, -0.2) is 119 Å². The normalized spacial score (nSPS) is 30.1. The van der Waals surface area contributed by atoms with Gasteiger partial charge in [0.25, 0.3) is 0 Å². The van der Waals surface area contributed by atoms with Crippen LogP contribution in [0.5, 0.6) is 0 Å². The lowest BCUT2D eigenvalue weighted by Crippen LogP contribution is -2.65. The molecule has 2 aliphatic rings. The molecule has 0 spiro atoms. The quantitative estimate of drug-likeness (QED) is 0.0809. The molecular formula is C34H58O15. The largest absolute Gasteiger partial charge is 0.455 e.